The Kier molecular flexibility index (Phi) is 5.23. The maximum absolute atomic E-state index is 12.9. The number of H-pyrrole nitrogens is 1. The second-order valence-electron chi connectivity index (χ2n) is 7.59. The number of aromatic nitrogens is 2. The van der Waals surface area contributed by atoms with Gasteiger partial charge in [0.1, 0.15) is 0 Å². The molecule has 2 aromatic rings. The number of carbonyl (C=O) groups excluding carboxylic acids is 2. The van der Waals surface area contributed by atoms with Crippen LogP contribution >= 0.6 is 0 Å². The van der Waals surface area contributed by atoms with Gasteiger partial charge < -0.3 is 14.8 Å². The van der Waals surface area contributed by atoms with Crippen molar-refractivity contribution in [3.8, 4) is 11.3 Å². The van der Waals surface area contributed by atoms with Gasteiger partial charge >= 0.3 is 0 Å². The molecule has 2 aliphatic heterocycles. The van der Waals surface area contributed by atoms with Gasteiger partial charge in [-0.3, -0.25) is 19.4 Å². The molecule has 7 heteroatoms. The van der Waals surface area contributed by atoms with E-state index >= 15 is 0 Å². The quantitative estimate of drug-likeness (QED) is 0.878. The second kappa shape index (κ2) is 7.96. The first-order chi connectivity index (χ1) is 13.6. The smallest absolute Gasteiger partial charge is 0.266 e. The summed E-state index contributed by atoms with van der Waals surface area (Å²) < 4.78 is 0. The number of aromatic amines is 1. The lowest BCUT2D eigenvalue weighted by atomic mass is 9.96. The largest absolute Gasteiger partial charge is 0.342 e. The van der Waals surface area contributed by atoms with Gasteiger partial charge in [0.05, 0.1) is 18.1 Å². The molecule has 1 aromatic heterocycles. The first-order valence-electron chi connectivity index (χ1n) is 9.82. The number of hydrogen-bond acceptors (Lipinski definition) is 4. The highest BCUT2D eigenvalue weighted by atomic mass is 16.2. The zero-order valence-electron chi connectivity index (χ0n) is 15.8. The molecule has 0 saturated carbocycles. The molecular weight excluding hydrogens is 356 g/mol. The topological polar surface area (TPSA) is 86.4 Å². The Bertz CT molecular complexity index is 922. The van der Waals surface area contributed by atoms with E-state index < -0.39 is 0 Å². The number of nitrogens with zero attached hydrogens (tertiary/aromatic N) is 3. The van der Waals surface area contributed by atoms with Crippen molar-refractivity contribution in [2.24, 2.45) is 5.92 Å². The predicted molar refractivity (Wildman–Crippen MR) is 105 cm³/mol. The fourth-order valence-corrected chi connectivity index (χ4v) is 4.11. The van der Waals surface area contributed by atoms with Gasteiger partial charge in [0.25, 0.3) is 11.5 Å². The summed E-state index contributed by atoms with van der Waals surface area (Å²) in [6.07, 6.45) is 6.44. The molecular formula is C21H24N4O3. The molecule has 1 N–H and O–H groups in total. The third-order valence-electron chi connectivity index (χ3n) is 5.55. The molecule has 1 aromatic carbocycles. The van der Waals surface area contributed by atoms with Crippen LogP contribution in [-0.2, 0) is 4.79 Å². The van der Waals surface area contributed by atoms with Crippen LogP contribution in [-0.4, -0.2) is 57.8 Å². The van der Waals surface area contributed by atoms with Crippen LogP contribution in [0.15, 0.2) is 41.5 Å². The van der Waals surface area contributed by atoms with Gasteiger partial charge in [-0.1, -0.05) is 12.1 Å². The number of piperidine rings is 1. The molecule has 2 amide bonds. The van der Waals surface area contributed by atoms with E-state index in [2.05, 4.69) is 9.97 Å². The molecule has 2 aliphatic rings. The molecule has 2 saturated heterocycles. The van der Waals surface area contributed by atoms with E-state index in [9.17, 15) is 14.4 Å². The Morgan fingerprint density at radius 2 is 1.93 bits per heavy atom. The fourth-order valence-electron chi connectivity index (χ4n) is 4.11. The molecule has 0 aliphatic carbocycles. The van der Waals surface area contributed by atoms with Crippen LogP contribution in [0, 0.1) is 5.92 Å². The zero-order valence-corrected chi connectivity index (χ0v) is 15.8. The Balaban J connectivity index is 1.42. The molecule has 3 heterocycles. The van der Waals surface area contributed by atoms with Crippen LogP contribution in [0.25, 0.3) is 11.3 Å². The molecule has 0 unspecified atom stereocenters. The van der Waals surface area contributed by atoms with Crippen LogP contribution in [0.3, 0.4) is 0 Å². The number of carbonyl (C=O) groups is 2. The Hall–Kier alpha value is -2.96. The van der Waals surface area contributed by atoms with Crippen molar-refractivity contribution in [2.75, 3.05) is 26.2 Å². The number of hydrogen-bond donors (Lipinski definition) is 1. The van der Waals surface area contributed by atoms with Crippen molar-refractivity contribution in [3.63, 3.8) is 0 Å². The van der Waals surface area contributed by atoms with Gasteiger partial charge in [0, 0.05) is 38.2 Å². The van der Waals surface area contributed by atoms with Crippen molar-refractivity contribution in [1.29, 1.82) is 0 Å². The molecule has 28 heavy (non-hydrogen) atoms. The van der Waals surface area contributed by atoms with Gasteiger partial charge in [-0.25, -0.2) is 0 Å². The first-order valence-corrected chi connectivity index (χ1v) is 9.82. The summed E-state index contributed by atoms with van der Waals surface area (Å²) in [4.78, 5) is 46.7. The maximum Gasteiger partial charge on any atom is 0.266 e. The minimum Gasteiger partial charge on any atom is -0.342 e. The molecule has 2 fully saturated rings. The molecule has 4 rings (SSSR count). The number of likely N-dealkylation sites (tertiary alicyclic amines) is 2. The summed E-state index contributed by atoms with van der Waals surface area (Å²) in [5, 5.41) is 0. The van der Waals surface area contributed by atoms with Gasteiger partial charge in [-0.15, -0.1) is 0 Å². The average molecular weight is 380 g/mol. The van der Waals surface area contributed by atoms with Crippen LogP contribution in [0.4, 0.5) is 0 Å². The summed E-state index contributed by atoms with van der Waals surface area (Å²) in [5.74, 6) is 0.607. The zero-order chi connectivity index (χ0) is 19.5. The van der Waals surface area contributed by atoms with E-state index in [1.165, 1.54) is 6.20 Å². The predicted octanol–water partition coefficient (Wildman–Crippen LogP) is 1.91. The highest BCUT2D eigenvalue weighted by Gasteiger charge is 2.28. The lowest BCUT2D eigenvalue weighted by Crippen LogP contribution is -2.44. The van der Waals surface area contributed by atoms with Crippen molar-refractivity contribution in [1.82, 2.24) is 19.8 Å². The number of nitrogens with one attached hydrogen (secondary N) is 1. The molecule has 0 radical (unpaired) electrons. The third-order valence-corrected chi connectivity index (χ3v) is 5.55. The van der Waals surface area contributed by atoms with Crippen LogP contribution < -0.4 is 5.56 Å². The van der Waals surface area contributed by atoms with Crippen LogP contribution in [0.2, 0.25) is 0 Å². The standard InChI is InChI=1S/C21H24N4O3/c26-19-12-22-11-18(23-19)16-5-7-17(8-6-16)21(28)25-10-1-3-15(14-25)13-24-9-2-4-20(24)27/h5-8,11-12,15H,1-4,9-10,13-14H2,(H,23,26)/t15-/m0/s1. The molecule has 0 spiro atoms. The van der Waals surface area contributed by atoms with Gasteiger partial charge in [0.15, 0.2) is 0 Å². The summed E-state index contributed by atoms with van der Waals surface area (Å²) in [5.41, 5.74) is 1.81. The number of amides is 2. The van der Waals surface area contributed by atoms with Crippen molar-refractivity contribution >= 4 is 11.8 Å². The summed E-state index contributed by atoms with van der Waals surface area (Å²) >= 11 is 0. The SMILES string of the molecule is O=C1CCCN1C[C@@H]1CCCN(C(=O)c2ccc(-c3cncc(=O)[nH]3)cc2)C1. The Labute approximate surface area is 163 Å². The molecule has 0 bridgehead atoms. The normalized spacial score (nSPS) is 19.9. The maximum atomic E-state index is 12.9. The van der Waals surface area contributed by atoms with E-state index in [-0.39, 0.29) is 17.4 Å². The van der Waals surface area contributed by atoms with E-state index in [0.717, 1.165) is 44.5 Å². The van der Waals surface area contributed by atoms with Gasteiger partial charge in [-0.2, -0.15) is 0 Å². The van der Waals surface area contributed by atoms with Crippen molar-refractivity contribution < 1.29 is 9.59 Å². The summed E-state index contributed by atoms with van der Waals surface area (Å²) in [6.45, 7) is 3.05. The monoisotopic (exact) mass is 380 g/mol. The number of rotatable bonds is 4. The summed E-state index contributed by atoms with van der Waals surface area (Å²) in [6, 6.07) is 7.22. The second-order valence-corrected chi connectivity index (χ2v) is 7.59. The Morgan fingerprint density at radius 1 is 1.11 bits per heavy atom. The van der Waals surface area contributed by atoms with E-state index in [1.807, 2.05) is 21.9 Å². The van der Waals surface area contributed by atoms with Gasteiger partial charge in [0.2, 0.25) is 5.91 Å². The highest BCUT2D eigenvalue weighted by Crippen LogP contribution is 2.23. The van der Waals surface area contributed by atoms with E-state index in [0.29, 0.717) is 30.1 Å². The van der Waals surface area contributed by atoms with Crippen LogP contribution in [0.1, 0.15) is 36.0 Å². The summed E-state index contributed by atoms with van der Waals surface area (Å²) in [7, 11) is 0. The van der Waals surface area contributed by atoms with Crippen molar-refractivity contribution in [2.45, 2.75) is 25.7 Å². The molecule has 7 nitrogen and oxygen atoms in total. The highest BCUT2D eigenvalue weighted by molar-refractivity contribution is 5.94. The first kappa shape index (κ1) is 18.4. The van der Waals surface area contributed by atoms with Crippen LogP contribution in [0.5, 0.6) is 0 Å². The van der Waals surface area contributed by atoms with Crippen molar-refractivity contribution in [3.05, 3.63) is 52.6 Å². The lowest BCUT2D eigenvalue weighted by Gasteiger charge is -2.34. The van der Waals surface area contributed by atoms with Gasteiger partial charge in [-0.05, 0) is 42.9 Å². The minimum atomic E-state index is -0.256. The molecule has 146 valence electrons. The fraction of sp³-hybridized carbons (Fsp3) is 0.429. The molecule has 1 atom stereocenters. The number of benzene rings is 1. The van der Waals surface area contributed by atoms with E-state index in [1.54, 1.807) is 18.3 Å². The minimum absolute atomic E-state index is 0.0173. The third kappa shape index (κ3) is 3.98. The average Bonchev–Trinajstić information content (AvgIpc) is 3.12. The lowest BCUT2D eigenvalue weighted by molar-refractivity contribution is -0.128. The van der Waals surface area contributed by atoms with E-state index in [4.69, 9.17) is 0 Å². The Morgan fingerprint density at radius 3 is 2.64 bits per heavy atom.